The molecule has 8 atom stereocenters. The van der Waals surface area contributed by atoms with Crippen LogP contribution in [0.1, 0.15) is 84.9 Å². The molecular weight excluding hydrogens is 715 g/mol. The van der Waals surface area contributed by atoms with Gasteiger partial charge in [0.15, 0.2) is 16.6 Å². The lowest BCUT2D eigenvalue weighted by atomic mass is 9.86. The zero-order chi connectivity index (χ0) is 38.5. The Morgan fingerprint density at radius 2 is 1.13 bits per heavy atom. The lowest BCUT2D eigenvalue weighted by molar-refractivity contribution is -0.149. The van der Waals surface area contributed by atoms with Gasteiger partial charge in [0.05, 0.1) is 6.04 Å². The number of hydrogen-bond acceptors (Lipinski definition) is 7. The van der Waals surface area contributed by atoms with Gasteiger partial charge in [0, 0.05) is 24.1 Å². The second-order valence-corrected chi connectivity index (χ2v) is 26.1. The van der Waals surface area contributed by atoms with E-state index in [1.165, 1.54) is 5.56 Å². The second-order valence-electron chi connectivity index (χ2n) is 16.8. The van der Waals surface area contributed by atoms with Crippen LogP contribution in [0.4, 0.5) is 5.69 Å². The highest BCUT2D eigenvalue weighted by atomic mass is 28.4. The van der Waals surface area contributed by atoms with Gasteiger partial charge in [-0.3, -0.25) is 19.2 Å². The molecule has 290 valence electrons. The summed E-state index contributed by atoms with van der Waals surface area (Å²) in [7, 11) is -4.49. The third-order valence-corrected chi connectivity index (χ3v) is 23.9. The van der Waals surface area contributed by atoms with E-state index in [-0.39, 0.29) is 29.7 Å². The molecular formula is C41H57N5O6Si2. The van der Waals surface area contributed by atoms with Gasteiger partial charge in [-0.05, 0) is 97.0 Å². The van der Waals surface area contributed by atoms with E-state index < -0.39 is 58.2 Å². The van der Waals surface area contributed by atoms with Crippen molar-refractivity contribution in [3.63, 3.8) is 0 Å². The number of rotatable bonds is 11. The van der Waals surface area contributed by atoms with Crippen LogP contribution >= 0.6 is 0 Å². The lowest BCUT2D eigenvalue weighted by Crippen LogP contribution is -2.63. The van der Waals surface area contributed by atoms with Gasteiger partial charge in [0.2, 0.25) is 23.6 Å². The molecule has 0 saturated carbocycles. The van der Waals surface area contributed by atoms with E-state index in [1.54, 1.807) is 18.7 Å². The second kappa shape index (κ2) is 13.0. The minimum Gasteiger partial charge on any atom is -0.405 e. The molecule has 5 aliphatic heterocycles. The van der Waals surface area contributed by atoms with Gasteiger partial charge in [0.1, 0.15) is 41.5 Å². The molecule has 0 aromatic heterocycles. The Bertz CT molecular complexity index is 1770. The molecule has 0 spiro atoms. The van der Waals surface area contributed by atoms with Gasteiger partial charge in [-0.1, -0.05) is 59.7 Å². The van der Waals surface area contributed by atoms with Crippen molar-refractivity contribution in [2.24, 2.45) is 0 Å². The van der Waals surface area contributed by atoms with Crippen molar-refractivity contribution in [2.75, 3.05) is 5.32 Å². The smallest absolute Gasteiger partial charge is 0.247 e. The fourth-order valence-electron chi connectivity index (χ4n) is 11.0. The van der Waals surface area contributed by atoms with Crippen LogP contribution < -0.4 is 16.0 Å². The fraction of sp³-hybridized carbons (Fsp3) is 0.610. The molecule has 2 aromatic rings. The average Bonchev–Trinajstić information content (AvgIpc) is 3.87. The van der Waals surface area contributed by atoms with Crippen molar-refractivity contribution in [2.45, 2.75) is 158 Å². The molecule has 13 heteroatoms. The van der Waals surface area contributed by atoms with Crippen molar-refractivity contribution >= 4 is 46.0 Å². The third kappa shape index (κ3) is 5.09. The molecule has 54 heavy (non-hydrogen) atoms. The molecule has 0 unspecified atom stereocenters. The fourth-order valence-corrected chi connectivity index (χ4v) is 17.0. The number of fused-ring (bicyclic) bond motifs is 10. The number of anilines is 1. The minimum atomic E-state index is -2.26. The summed E-state index contributed by atoms with van der Waals surface area (Å²) in [4.78, 5) is 58.2. The molecule has 6 aliphatic rings. The first-order valence-corrected chi connectivity index (χ1v) is 25.6. The normalized spacial score (nSPS) is 32.4. The summed E-state index contributed by atoms with van der Waals surface area (Å²) in [5, 5.41) is 9.52. The average molecular weight is 772 g/mol. The Balaban J connectivity index is 1.25. The maximum Gasteiger partial charge on any atom is 0.247 e. The Hall–Kier alpha value is -3.53. The Morgan fingerprint density at radius 3 is 1.70 bits per heavy atom. The van der Waals surface area contributed by atoms with E-state index in [2.05, 4.69) is 93.9 Å². The molecule has 11 nitrogen and oxygen atoms in total. The van der Waals surface area contributed by atoms with Crippen LogP contribution in [0.15, 0.2) is 36.4 Å². The quantitative estimate of drug-likeness (QED) is 0.250. The van der Waals surface area contributed by atoms with Gasteiger partial charge in [-0.2, -0.15) is 0 Å². The topological polar surface area (TPSA) is 129 Å². The van der Waals surface area contributed by atoms with Crippen LogP contribution in [0.2, 0.25) is 36.3 Å². The van der Waals surface area contributed by atoms with E-state index in [0.29, 0.717) is 19.3 Å². The first kappa shape index (κ1) is 37.4. The van der Waals surface area contributed by atoms with Crippen LogP contribution in [-0.2, 0) is 45.7 Å². The van der Waals surface area contributed by atoms with Gasteiger partial charge < -0.3 is 34.6 Å². The highest BCUT2D eigenvalue weighted by molar-refractivity contribution is 6.74. The van der Waals surface area contributed by atoms with Gasteiger partial charge in [-0.15, -0.1) is 0 Å². The highest BCUT2D eigenvalue weighted by Gasteiger charge is 2.66. The molecule has 1 aliphatic carbocycles. The summed E-state index contributed by atoms with van der Waals surface area (Å²) in [5.41, 5.74) is 4.56. The van der Waals surface area contributed by atoms with E-state index in [9.17, 15) is 19.2 Å². The Morgan fingerprint density at radius 1 is 0.648 bits per heavy atom. The SMILES string of the molecule is CC[Si](CC)(CC)O[C@@]12C[C@H]3C(=O)N[C@@H](C)C(=O)N3[C@@H]1Cc1ccc(-c3ccc4c(c3)[C@]3(O[Si](CC)(CC)CC)C[C@H]5C(=O)N[C@@H](C)C(=O)N5[C@@H]3N4)cc12. The van der Waals surface area contributed by atoms with E-state index in [0.717, 1.165) is 64.2 Å². The summed E-state index contributed by atoms with van der Waals surface area (Å²) in [6.07, 6.45) is 1.01. The van der Waals surface area contributed by atoms with Gasteiger partial charge >= 0.3 is 0 Å². The molecule has 8 rings (SSSR count). The number of nitrogens with zero attached hydrogens (tertiary/aromatic N) is 2. The molecule has 4 saturated heterocycles. The number of amides is 4. The first-order chi connectivity index (χ1) is 25.8. The summed E-state index contributed by atoms with van der Waals surface area (Å²) in [6.45, 7) is 16.8. The third-order valence-electron chi connectivity index (χ3n) is 14.6. The number of hydrogen-bond donors (Lipinski definition) is 3. The minimum absolute atomic E-state index is 0.0360. The molecule has 5 heterocycles. The zero-order valence-corrected chi connectivity index (χ0v) is 35.1. The summed E-state index contributed by atoms with van der Waals surface area (Å²) in [5.74, 6) is -0.355. The lowest BCUT2D eigenvalue weighted by Gasteiger charge is -2.42. The number of carbonyl (C=O) groups is 4. The van der Waals surface area contributed by atoms with Gasteiger partial charge in [0.25, 0.3) is 0 Å². The molecule has 0 radical (unpaired) electrons. The van der Waals surface area contributed by atoms with Gasteiger partial charge in [-0.25, -0.2) is 0 Å². The summed E-state index contributed by atoms with van der Waals surface area (Å²) < 4.78 is 15.1. The highest BCUT2D eigenvalue weighted by Crippen LogP contribution is 2.57. The monoisotopic (exact) mass is 771 g/mol. The predicted molar refractivity (Wildman–Crippen MR) is 212 cm³/mol. The largest absolute Gasteiger partial charge is 0.405 e. The zero-order valence-electron chi connectivity index (χ0n) is 33.1. The summed E-state index contributed by atoms with van der Waals surface area (Å²) in [6, 6.07) is 16.2. The van der Waals surface area contributed by atoms with Crippen LogP contribution in [0.5, 0.6) is 0 Å². The maximum absolute atomic E-state index is 13.8. The number of nitrogens with one attached hydrogen (secondary N) is 3. The van der Waals surface area contributed by atoms with Crippen LogP contribution in [0, 0.1) is 0 Å². The predicted octanol–water partition coefficient (Wildman–Crippen LogP) is 5.70. The van der Waals surface area contributed by atoms with Crippen LogP contribution in [-0.4, -0.2) is 86.4 Å². The first-order valence-electron chi connectivity index (χ1n) is 20.5. The Kier molecular flexibility index (Phi) is 9.02. The number of piperazine rings is 2. The number of carbonyl (C=O) groups excluding carboxylic acids is 4. The Labute approximate surface area is 321 Å². The molecule has 3 N–H and O–H groups in total. The van der Waals surface area contributed by atoms with Crippen molar-refractivity contribution in [1.29, 1.82) is 0 Å². The molecule has 2 aromatic carbocycles. The summed E-state index contributed by atoms with van der Waals surface area (Å²) >= 11 is 0. The van der Waals surface area contributed by atoms with Crippen molar-refractivity contribution < 1.29 is 28.0 Å². The molecule has 4 fully saturated rings. The van der Waals surface area contributed by atoms with E-state index >= 15 is 0 Å². The van der Waals surface area contributed by atoms with Crippen molar-refractivity contribution in [1.82, 2.24) is 20.4 Å². The standard InChI is InChI=1S/C41H57N5O6Si2/c1-9-53(10-2,11-3)51-40-22-32-35(47)42-24(7)37(49)45(32)34(40)21-28-16-15-26(19-29(28)40)27-17-18-31-30(20-27)41(52-54(12-4,13-5)14-6)23-33-36(48)43-25(8)38(50)46(33)39(41)44-31/h15-20,24-25,32-34,39,44H,9-14,21-23H2,1-8H3,(H,42,47)(H,43,48)/t24-,25-,32-,33-,34+,39-,40+,41+/m0/s1. The van der Waals surface area contributed by atoms with Crippen molar-refractivity contribution in [3.8, 4) is 11.1 Å². The maximum atomic E-state index is 13.8. The number of benzene rings is 2. The van der Waals surface area contributed by atoms with E-state index in [4.69, 9.17) is 8.85 Å². The van der Waals surface area contributed by atoms with E-state index in [1.807, 2.05) is 4.90 Å². The molecule has 4 amide bonds. The molecule has 0 bridgehead atoms. The van der Waals surface area contributed by atoms with Crippen molar-refractivity contribution in [3.05, 3.63) is 53.1 Å². The van der Waals surface area contributed by atoms with Crippen LogP contribution in [0.3, 0.4) is 0 Å². The van der Waals surface area contributed by atoms with Crippen LogP contribution in [0.25, 0.3) is 11.1 Å².